The van der Waals surface area contributed by atoms with Crippen LogP contribution >= 0.6 is 27.7 Å². The molecule has 0 bridgehead atoms. The average molecular weight is 331 g/mol. The van der Waals surface area contributed by atoms with Gasteiger partial charge in [-0.05, 0) is 22.9 Å². The van der Waals surface area contributed by atoms with Crippen molar-refractivity contribution >= 4 is 27.7 Å². The Hall–Kier alpha value is -0.860. The van der Waals surface area contributed by atoms with Crippen LogP contribution in [0.25, 0.3) is 0 Å². The van der Waals surface area contributed by atoms with E-state index >= 15 is 0 Å². The summed E-state index contributed by atoms with van der Waals surface area (Å²) in [5.74, 6) is 1.58. The SMILES string of the molecule is Cc1nn(C)c(CSc2nnc(CN)n2C)c1Br. The first-order valence-electron chi connectivity index (χ1n) is 5.43. The molecular formula is C10H15BrN6S. The van der Waals surface area contributed by atoms with Crippen molar-refractivity contribution in [3.8, 4) is 0 Å². The first-order valence-corrected chi connectivity index (χ1v) is 7.21. The van der Waals surface area contributed by atoms with E-state index in [-0.39, 0.29) is 0 Å². The highest BCUT2D eigenvalue weighted by Gasteiger charge is 2.13. The van der Waals surface area contributed by atoms with Crippen LogP contribution in [0, 0.1) is 6.92 Å². The maximum atomic E-state index is 5.57. The summed E-state index contributed by atoms with van der Waals surface area (Å²) in [4.78, 5) is 0. The summed E-state index contributed by atoms with van der Waals surface area (Å²) in [6.07, 6.45) is 0. The van der Waals surface area contributed by atoms with E-state index < -0.39 is 0 Å². The largest absolute Gasteiger partial charge is 0.324 e. The highest BCUT2D eigenvalue weighted by atomic mass is 79.9. The third-order valence-corrected chi connectivity index (χ3v) is 4.77. The topological polar surface area (TPSA) is 74.6 Å². The minimum absolute atomic E-state index is 0.401. The molecule has 8 heteroatoms. The second-order valence-electron chi connectivity index (χ2n) is 3.92. The molecule has 0 aliphatic heterocycles. The standard InChI is InChI=1S/C10H15BrN6S/c1-6-9(11)7(17(3)15-6)5-18-10-14-13-8(4-12)16(10)2/h4-5,12H2,1-3H3. The summed E-state index contributed by atoms with van der Waals surface area (Å²) in [6, 6.07) is 0. The predicted molar refractivity (Wildman–Crippen MR) is 74.1 cm³/mol. The van der Waals surface area contributed by atoms with E-state index in [1.54, 1.807) is 11.8 Å². The number of rotatable bonds is 4. The van der Waals surface area contributed by atoms with Crippen LogP contribution in [0.1, 0.15) is 17.2 Å². The smallest absolute Gasteiger partial charge is 0.191 e. The highest BCUT2D eigenvalue weighted by Crippen LogP contribution is 2.27. The molecule has 18 heavy (non-hydrogen) atoms. The van der Waals surface area contributed by atoms with Crippen molar-refractivity contribution in [1.82, 2.24) is 24.5 Å². The fourth-order valence-electron chi connectivity index (χ4n) is 1.62. The molecule has 2 heterocycles. The Labute approximate surface area is 118 Å². The molecule has 0 radical (unpaired) electrons. The molecule has 0 amide bonds. The second-order valence-corrected chi connectivity index (χ2v) is 5.66. The number of nitrogens with two attached hydrogens (primary N) is 1. The first-order chi connectivity index (χ1) is 8.54. The van der Waals surface area contributed by atoms with Gasteiger partial charge in [-0.25, -0.2) is 0 Å². The Morgan fingerprint density at radius 2 is 2.06 bits per heavy atom. The number of aromatic nitrogens is 5. The normalized spacial score (nSPS) is 11.2. The van der Waals surface area contributed by atoms with Gasteiger partial charge in [-0.2, -0.15) is 5.10 Å². The van der Waals surface area contributed by atoms with E-state index in [4.69, 9.17) is 5.73 Å². The Morgan fingerprint density at radius 3 is 2.56 bits per heavy atom. The Balaban J connectivity index is 2.14. The van der Waals surface area contributed by atoms with Crippen molar-refractivity contribution in [1.29, 1.82) is 0 Å². The van der Waals surface area contributed by atoms with Gasteiger partial charge in [0.2, 0.25) is 0 Å². The predicted octanol–water partition coefficient (Wildman–Crippen LogP) is 1.37. The van der Waals surface area contributed by atoms with Crippen LogP contribution in [0.15, 0.2) is 9.63 Å². The molecule has 0 aliphatic carbocycles. The van der Waals surface area contributed by atoms with Crippen LogP contribution in [0.4, 0.5) is 0 Å². The monoisotopic (exact) mass is 330 g/mol. The third-order valence-electron chi connectivity index (χ3n) is 2.71. The Bertz CT molecular complexity index is 561. The maximum absolute atomic E-state index is 5.57. The summed E-state index contributed by atoms with van der Waals surface area (Å²) >= 11 is 5.17. The van der Waals surface area contributed by atoms with Crippen LogP contribution in [0.2, 0.25) is 0 Å². The maximum Gasteiger partial charge on any atom is 0.191 e. The molecule has 0 saturated carbocycles. The molecule has 6 nitrogen and oxygen atoms in total. The van der Waals surface area contributed by atoms with Gasteiger partial charge in [0.05, 0.1) is 22.4 Å². The quantitative estimate of drug-likeness (QED) is 0.857. The van der Waals surface area contributed by atoms with Gasteiger partial charge < -0.3 is 10.3 Å². The van der Waals surface area contributed by atoms with Crippen LogP contribution in [-0.4, -0.2) is 24.5 Å². The minimum atomic E-state index is 0.401. The average Bonchev–Trinajstić information content (AvgIpc) is 2.80. The molecule has 2 aromatic rings. The van der Waals surface area contributed by atoms with Crippen molar-refractivity contribution in [3.05, 3.63) is 21.7 Å². The summed E-state index contributed by atoms with van der Waals surface area (Å²) in [7, 11) is 3.86. The van der Waals surface area contributed by atoms with Crippen LogP contribution in [0.5, 0.6) is 0 Å². The lowest BCUT2D eigenvalue weighted by Gasteiger charge is -2.03. The molecule has 0 aromatic carbocycles. The number of halogens is 1. The molecule has 2 N–H and O–H groups in total. The zero-order valence-electron chi connectivity index (χ0n) is 10.5. The van der Waals surface area contributed by atoms with E-state index in [0.717, 1.165) is 32.6 Å². The van der Waals surface area contributed by atoms with Gasteiger partial charge in [-0.3, -0.25) is 4.68 Å². The van der Waals surface area contributed by atoms with Crippen molar-refractivity contribution < 1.29 is 0 Å². The second kappa shape index (κ2) is 5.41. The van der Waals surface area contributed by atoms with Gasteiger partial charge in [0.1, 0.15) is 5.82 Å². The zero-order valence-corrected chi connectivity index (χ0v) is 12.9. The van der Waals surface area contributed by atoms with Crippen molar-refractivity contribution in [2.24, 2.45) is 19.8 Å². The Morgan fingerprint density at radius 1 is 1.33 bits per heavy atom. The third kappa shape index (κ3) is 2.45. The van der Waals surface area contributed by atoms with Gasteiger partial charge in [0, 0.05) is 19.8 Å². The van der Waals surface area contributed by atoms with E-state index in [1.807, 2.05) is 30.3 Å². The van der Waals surface area contributed by atoms with Crippen molar-refractivity contribution in [2.75, 3.05) is 0 Å². The first kappa shape index (κ1) is 13.6. The summed E-state index contributed by atoms with van der Waals surface area (Å²) in [6.45, 7) is 2.38. The molecule has 0 fully saturated rings. The summed E-state index contributed by atoms with van der Waals surface area (Å²) in [5.41, 5.74) is 7.70. The van der Waals surface area contributed by atoms with E-state index in [1.165, 1.54) is 0 Å². The molecule has 2 aromatic heterocycles. The summed E-state index contributed by atoms with van der Waals surface area (Å²) < 4.78 is 4.85. The molecule has 0 spiro atoms. The lowest BCUT2D eigenvalue weighted by molar-refractivity contribution is 0.721. The fourth-order valence-corrected chi connectivity index (χ4v) is 3.27. The molecule has 0 unspecified atom stereocenters. The zero-order chi connectivity index (χ0) is 13.3. The van der Waals surface area contributed by atoms with E-state index in [2.05, 4.69) is 31.2 Å². The lowest BCUT2D eigenvalue weighted by atomic mass is 10.4. The highest BCUT2D eigenvalue weighted by molar-refractivity contribution is 9.10. The fraction of sp³-hybridized carbons (Fsp3) is 0.500. The van der Waals surface area contributed by atoms with E-state index in [0.29, 0.717) is 6.54 Å². The van der Waals surface area contributed by atoms with Crippen LogP contribution < -0.4 is 5.73 Å². The van der Waals surface area contributed by atoms with Crippen molar-refractivity contribution in [2.45, 2.75) is 24.4 Å². The lowest BCUT2D eigenvalue weighted by Crippen LogP contribution is -2.05. The van der Waals surface area contributed by atoms with Crippen LogP contribution in [-0.2, 0) is 26.4 Å². The number of hydrogen-bond donors (Lipinski definition) is 1. The van der Waals surface area contributed by atoms with Gasteiger partial charge in [0.15, 0.2) is 5.16 Å². The molecular weight excluding hydrogens is 316 g/mol. The van der Waals surface area contributed by atoms with Crippen LogP contribution in [0.3, 0.4) is 0 Å². The molecule has 2 rings (SSSR count). The summed E-state index contributed by atoms with van der Waals surface area (Å²) in [5, 5.41) is 13.4. The minimum Gasteiger partial charge on any atom is -0.324 e. The van der Waals surface area contributed by atoms with E-state index in [9.17, 15) is 0 Å². The molecule has 0 saturated heterocycles. The van der Waals surface area contributed by atoms with Gasteiger partial charge in [-0.1, -0.05) is 11.8 Å². The molecule has 98 valence electrons. The van der Waals surface area contributed by atoms with Gasteiger partial charge in [-0.15, -0.1) is 10.2 Å². The molecule has 0 aliphatic rings. The Kier molecular flexibility index (Phi) is 4.08. The van der Waals surface area contributed by atoms with Gasteiger partial charge >= 0.3 is 0 Å². The number of thioether (sulfide) groups is 1. The number of nitrogens with zero attached hydrogens (tertiary/aromatic N) is 5. The number of hydrogen-bond acceptors (Lipinski definition) is 5. The molecule has 0 atom stereocenters. The number of aryl methyl sites for hydroxylation is 2. The van der Waals surface area contributed by atoms with Crippen molar-refractivity contribution in [3.63, 3.8) is 0 Å². The van der Waals surface area contributed by atoms with Gasteiger partial charge in [0.25, 0.3) is 0 Å².